The zero-order chi connectivity index (χ0) is 27.1. The summed E-state index contributed by atoms with van der Waals surface area (Å²) >= 11 is 0. The van der Waals surface area contributed by atoms with Crippen molar-refractivity contribution < 1.29 is 28.8 Å². The third kappa shape index (κ3) is 5.70. The average molecular weight is 519 g/mol. The van der Waals surface area contributed by atoms with Gasteiger partial charge in [0.25, 0.3) is 0 Å². The summed E-state index contributed by atoms with van der Waals surface area (Å²) in [7, 11) is 4.70. The fourth-order valence-electron chi connectivity index (χ4n) is 4.63. The molecule has 0 aliphatic heterocycles. The standard InChI is InChI=1S/C30H34N2O6/c1-5-29(34)32(23(18-33)15-21-17-31-26-12-7-6-11-25(21)26)22-9-8-10-24(16-22)38-19-20-13-27(35-2)30(37-4)28(14-20)36-3/h6-14,16-17,23,31,33H,5,15,18-19H2,1-4H3/t23-/m1/s1. The van der Waals surface area contributed by atoms with E-state index in [2.05, 4.69) is 4.98 Å². The summed E-state index contributed by atoms with van der Waals surface area (Å²) in [6.07, 6.45) is 2.75. The number of nitrogens with zero attached hydrogens (tertiary/aromatic N) is 1. The van der Waals surface area contributed by atoms with Gasteiger partial charge in [0.1, 0.15) is 12.4 Å². The Labute approximate surface area is 222 Å². The van der Waals surface area contributed by atoms with Crippen LogP contribution in [0.4, 0.5) is 5.69 Å². The van der Waals surface area contributed by atoms with Crippen LogP contribution in [0.15, 0.2) is 66.9 Å². The second kappa shape index (κ2) is 12.4. The molecule has 4 rings (SSSR count). The molecule has 1 amide bonds. The van der Waals surface area contributed by atoms with Gasteiger partial charge in [0.05, 0.1) is 34.0 Å². The van der Waals surface area contributed by atoms with Gasteiger partial charge in [0.15, 0.2) is 11.5 Å². The molecule has 0 aliphatic rings. The number of para-hydroxylation sites is 1. The highest BCUT2D eigenvalue weighted by Gasteiger charge is 2.25. The number of hydrogen-bond acceptors (Lipinski definition) is 6. The molecule has 2 N–H and O–H groups in total. The quantitative estimate of drug-likeness (QED) is 0.270. The molecule has 0 saturated carbocycles. The maximum absolute atomic E-state index is 13.1. The number of anilines is 1. The summed E-state index contributed by atoms with van der Waals surface area (Å²) < 4.78 is 22.4. The van der Waals surface area contributed by atoms with Crippen molar-refractivity contribution in [3.05, 3.63) is 78.0 Å². The molecule has 200 valence electrons. The second-order valence-electron chi connectivity index (χ2n) is 8.84. The number of aromatic amines is 1. The number of nitrogens with one attached hydrogen (secondary N) is 1. The van der Waals surface area contributed by atoms with Crippen molar-refractivity contribution in [1.82, 2.24) is 4.98 Å². The van der Waals surface area contributed by atoms with E-state index in [-0.39, 0.29) is 19.1 Å². The van der Waals surface area contributed by atoms with Crippen LogP contribution in [0, 0.1) is 0 Å². The molecule has 38 heavy (non-hydrogen) atoms. The van der Waals surface area contributed by atoms with Crippen molar-refractivity contribution in [2.75, 3.05) is 32.8 Å². The van der Waals surface area contributed by atoms with E-state index in [0.717, 1.165) is 22.0 Å². The topological polar surface area (TPSA) is 93.2 Å². The molecule has 8 heteroatoms. The first kappa shape index (κ1) is 26.9. The van der Waals surface area contributed by atoms with Crippen molar-refractivity contribution in [1.29, 1.82) is 0 Å². The van der Waals surface area contributed by atoms with E-state index >= 15 is 0 Å². The van der Waals surface area contributed by atoms with E-state index in [1.165, 1.54) is 0 Å². The number of carbonyl (C=O) groups excluding carboxylic acids is 1. The summed E-state index contributed by atoms with van der Waals surface area (Å²) in [5.41, 5.74) is 3.57. The van der Waals surface area contributed by atoms with Gasteiger partial charge in [-0.15, -0.1) is 0 Å². The second-order valence-corrected chi connectivity index (χ2v) is 8.84. The molecule has 4 aromatic rings. The molecule has 1 aromatic heterocycles. The van der Waals surface area contributed by atoms with Gasteiger partial charge in [0.2, 0.25) is 11.7 Å². The number of ether oxygens (including phenoxy) is 4. The molecule has 0 saturated heterocycles. The lowest BCUT2D eigenvalue weighted by atomic mass is 10.0. The van der Waals surface area contributed by atoms with Gasteiger partial charge in [-0.1, -0.05) is 31.2 Å². The van der Waals surface area contributed by atoms with Gasteiger partial charge in [-0.25, -0.2) is 0 Å². The average Bonchev–Trinajstić information content (AvgIpc) is 3.37. The zero-order valence-corrected chi connectivity index (χ0v) is 22.2. The Kier molecular flexibility index (Phi) is 8.76. The monoisotopic (exact) mass is 518 g/mol. The predicted molar refractivity (Wildman–Crippen MR) is 148 cm³/mol. The fraction of sp³-hybridized carbons (Fsp3) is 0.300. The minimum atomic E-state index is -0.438. The number of amides is 1. The number of aliphatic hydroxyl groups is 1. The smallest absolute Gasteiger partial charge is 0.227 e. The molecular formula is C30H34N2O6. The van der Waals surface area contributed by atoms with Crippen LogP contribution < -0.4 is 23.8 Å². The van der Waals surface area contributed by atoms with E-state index in [9.17, 15) is 9.90 Å². The molecule has 0 radical (unpaired) electrons. The van der Waals surface area contributed by atoms with Gasteiger partial charge in [-0.2, -0.15) is 0 Å². The van der Waals surface area contributed by atoms with Gasteiger partial charge in [-0.05, 0) is 47.9 Å². The number of methoxy groups -OCH3 is 3. The molecule has 0 fully saturated rings. The summed E-state index contributed by atoms with van der Waals surface area (Å²) in [5.74, 6) is 2.11. The van der Waals surface area contributed by atoms with Crippen molar-refractivity contribution in [3.63, 3.8) is 0 Å². The van der Waals surface area contributed by atoms with E-state index in [0.29, 0.717) is 41.5 Å². The number of benzene rings is 3. The lowest BCUT2D eigenvalue weighted by molar-refractivity contribution is -0.119. The molecular weight excluding hydrogens is 484 g/mol. The molecule has 3 aromatic carbocycles. The Hall–Kier alpha value is -4.17. The number of aromatic nitrogens is 1. The first-order chi connectivity index (χ1) is 18.5. The number of aliphatic hydroxyl groups excluding tert-OH is 1. The maximum atomic E-state index is 13.1. The first-order valence-corrected chi connectivity index (χ1v) is 12.5. The van der Waals surface area contributed by atoms with Crippen LogP contribution >= 0.6 is 0 Å². The van der Waals surface area contributed by atoms with E-state index in [1.807, 2.05) is 73.8 Å². The van der Waals surface area contributed by atoms with Crippen molar-refractivity contribution in [2.24, 2.45) is 0 Å². The molecule has 1 atom stereocenters. The Balaban J connectivity index is 1.58. The Bertz CT molecular complexity index is 1360. The van der Waals surface area contributed by atoms with Crippen LogP contribution in [0.25, 0.3) is 10.9 Å². The summed E-state index contributed by atoms with van der Waals surface area (Å²) in [5, 5.41) is 11.4. The van der Waals surface area contributed by atoms with Crippen molar-refractivity contribution in [3.8, 4) is 23.0 Å². The molecule has 0 spiro atoms. The number of rotatable bonds is 12. The third-order valence-corrected chi connectivity index (χ3v) is 6.50. The lowest BCUT2D eigenvalue weighted by Crippen LogP contribution is -2.43. The largest absolute Gasteiger partial charge is 0.493 e. The highest BCUT2D eigenvalue weighted by Crippen LogP contribution is 2.38. The van der Waals surface area contributed by atoms with Gasteiger partial charge >= 0.3 is 0 Å². The van der Waals surface area contributed by atoms with E-state index in [1.54, 1.807) is 26.2 Å². The van der Waals surface area contributed by atoms with E-state index in [4.69, 9.17) is 18.9 Å². The predicted octanol–water partition coefficient (Wildman–Crippen LogP) is 5.12. The molecule has 0 unspecified atom stereocenters. The minimum absolute atomic E-state index is 0.0781. The Morgan fingerprint density at radius 2 is 1.71 bits per heavy atom. The normalized spacial score (nSPS) is 11.7. The fourth-order valence-corrected chi connectivity index (χ4v) is 4.63. The van der Waals surface area contributed by atoms with Crippen LogP contribution in [0.1, 0.15) is 24.5 Å². The molecule has 0 bridgehead atoms. The van der Waals surface area contributed by atoms with Crippen LogP contribution in [0.5, 0.6) is 23.0 Å². The summed E-state index contributed by atoms with van der Waals surface area (Å²) in [6.45, 7) is 1.89. The highest BCUT2D eigenvalue weighted by atomic mass is 16.5. The lowest BCUT2D eigenvalue weighted by Gasteiger charge is -2.31. The number of fused-ring (bicyclic) bond motifs is 1. The number of hydrogen-bond donors (Lipinski definition) is 2. The maximum Gasteiger partial charge on any atom is 0.227 e. The van der Waals surface area contributed by atoms with Crippen LogP contribution in [0.2, 0.25) is 0 Å². The van der Waals surface area contributed by atoms with Crippen molar-refractivity contribution in [2.45, 2.75) is 32.4 Å². The van der Waals surface area contributed by atoms with Gasteiger partial charge in [0, 0.05) is 35.3 Å². The van der Waals surface area contributed by atoms with Crippen LogP contribution in [-0.2, 0) is 17.8 Å². The summed E-state index contributed by atoms with van der Waals surface area (Å²) in [4.78, 5) is 18.1. The van der Waals surface area contributed by atoms with Gasteiger partial charge < -0.3 is 33.9 Å². The zero-order valence-electron chi connectivity index (χ0n) is 22.2. The van der Waals surface area contributed by atoms with Gasteiger partial charge in [-0.3, -0.25) is 4.79 Å². The SMILES string of the molecule is CCC(=O)N(c1cccc(OCc2cc(OC)c(OC)c(OC)c2)c1)[C@@H](CO)Cc1c[nH]c2ccccc12. The summed E-state index contributed by atoms with van der Waals surface area (Å²) in [6, 6.07) is 18.6. The van der Waals surface area contributed by atoms with Crippen molar-refractivity contribution >= 4 is 22.5 Å². The minimum Gasteiger partial charge on any atom is -0.493 e. The van der Waals surface area contributed by atoms with Crippen LogP contribution in [-0.4, -0.2) is 50.0 Å². The first-order valence-electron chi connectivity index (χ1n) is 12.5. The highest BCUT2D eigenvalue weighted by molar-refractivity contribution is 5.94. The third-order valence-electron chi connectivity index (χ3n) is 6.50. The Morgan fingerprint density at radius 1 is 0.974 bits per heavy atom. The van der Waals surface area contributed by atoms with E-state index < -0.39 is 6.04 Å². The molecule has 0 aliphatic carbocycles. The Morgan fingerprint density at radius 3 is 2.37 bits per heavy atom. The number of H-pyrrole nitrogens is 1. The van der Waals surface area contributed by atoms with Crippen LogP contribution in [0.3, 0.4) is 0 Å². The number of carbonyl (C=O) groups is 1. The molecule has 1 heterocycles. The molecule has 8 nitrogen and oxygen atoms in total.